The normalized spacial score (nSPS) is 19.4. The Bertz CT molecular complexity index is 681. The lowest BCUT2D eigenvalue weighted by molar-refractivity contribution is -0.121. The molecule has 2 aliphatic heterocycles. The third-order valence-corrected chi connectivity index (χ3v) is 4.49. The fraction of sp³-hybridized carbons (Fsp3) is 0.333. The third-order valence-electron chi connectivity index (χ3n) is 3.75. The van der Waals surface area contributed by atoms with Gasteiger partial charge in [0.25, 0.3) is 11.8 Å². The fourth-order valence-corrected chi connectivity index (χ4v) is 2.97. The number of halogens is 2. The Hall–Kier alpha value is -1.56. The second-order valence-electron chi connectivity index (χ2n) is 5.14. The van der Waals surface area contributed by atoms with Crippen molar-refractivity contribution in [1.82, 2.24) is 4.90 Å². The first kappa shape index (κ1) is 15.3. The van der Waals surface area contributed by atoms with Crippen LogP contribution in [0.1, 0.15) is 5.56 Å². The van der Waals surface area contributed by atoms with Crippen molar-refractivity contribution in [3.63, 3.8) is 0 Å². The number of anilines is 1. The van der Waals surface area contributed by atoms with Crippen molar-refractivity contribution in [3.8, 4) is 0 Å². The van der Waals surface area contributed by atoms with Gasteiger partial charge in [0.05, 0.1) is 18.9 Å². The molecule has 0 radical (unpaired) electrons. The molecule has 0 N–H and O–H groups in total. The number of hydrogen-bond donors (Lipinski definition) is 0. The molecule has 116 valence electrons. The quantitative estimate of drug-likeness (QED) is 0.775. The van der Waals surface area contributed by atoms with Gasteiger partial charge in [-0.1, -0.05) is 29.3 Å². The van der Waals surface area contributed by atoms with Gasteiger partial charge in [0.15, 0.2) is 0 Å². The van der Waals surface area contributed by atoms with Crippen LogP contribution in [-0.2, 0) is 14.3 Å². The molecule has 2 aliphatic rings. The maximum atomic E-state index is 12.7. The smallest absolute Gasteiger partial charge is 0.283 e. The van der Waals surface area contributed by atoms with Crippen molar-refractivity contribution in [2.75, 3.05) is 31.2 Å². The number of nitrogens with zero attached hydrogens (tertiary/aromatic N) is 2. The fourth-order valence-electron chi connectivity index (χ4n) is 2.51. The highest BCUT2D eigenvalue weighted by atomic mass is 35.5. The Morgan fingerprint density at radius 2 is 1.77 bits per heavy atom. The van der Waals surface area contributed by atoms with E-state index in [1.54, 1.807) is 23.1 Å². The van der Waals surface area contributed by atoms with E-state index >= 15 is 0 Å². The summed E-state index contributed by atoms with van der Waals surface area (Å²) in [6, 6.07) is 5.04. The van der Waals surface area contributed by atoms with Gasteiger partial charge >= 0.3 is 0 Å². The number of benzene rings is 1. The number of aryl methyl sites for hydroxylation is 1. The Kier molecular flexibility index (Phi) is 4.12. The Balaban J connectivity index is 1.94. The van der Waals surface area contributed by atoms with E-state index in [0.29, 0.717) is 37.0 Å². The van der Waals surface area contributed by atoms with Crippen LogP contribution in [0.5, 0.6) is 0 Å². The summed E-state index contributed by atoms with van der Waals surface area (Å²) in [5.41, 5.74) is 1.54. The molecule has 2 amide bonds. The van der Waals surface area contributed by atoms with Crippen LogP contribution in [0.25, 0.3) is 0 Å². The lowest BCUT2D eigenvalue weighted by atomic mass is 10.2. The van der Waals surface area contributed by atoms with Crippen LogP contribution in [0.15, 0.2) is 28.9 Å². The van der Waals surface area contributed by atoms with E-state index in [4.69, 9.17) is 27.9 Å². The SMILES string of the molecule is Cc1ccc(N2C(=O)C(Cl)=C(N3CCOCC3)C2=O)cc1Cl. The summed E-state index contributed by atoms with van der Waals surface area (Å²) in [6.45, 7) is 3.93. The van der Waals surface area contributed by atoms with Crippen molar-refractivity contribution in [3.05, 3.63) is 39.5 Å². The minimum absolute atomic E-state index is 0.0522. The van der Waals surface area contributed by atoms with Crippen molar-refractivity contribution in [1.29, 1.82) is 0 Å². The minimum Gasteiger partial charge on any atom is -0.378 e. The summed E-state index contributed by atoms with van der Waals surface area (Å²) in [5, 5.41) is 0.442. The van der Waals surface area contributed by atoms with Crippen LogP contribution in [0.2, 0.25) is 5.02 Å². The van der Waals surface area contributed by atoms with Crippen LogP contribution in [0, 0.1) is 6.92 Å². The molecule has 1 aromatic rings. The molecular weight excluding hydrogens is 327 g/mol. The monoisotopic (exact) mass is 340 g/mol. The van der Waals surface area contributed by atoms with Gasteiger partial charge in [-0.3, -0.25) is 9.59 Å². The lowest BCUT2D eigenvalue weighted by Crippen LogP contribution is -2.40. The van der Waals surface area contributed by atoms with E-state index in [0.717, 1.165) is 10.5 Å². The first-order valence-corrected chi connectivity index (χ1v) is 7.63. The number of rotatable bonds is 2. The summed E-state index contributed by atoms with van der Waals surface area (Å²) in [7, 11) is 0. The maximum absolute atomic E-state index is 12.7. The molecule has 0 spiro atoms. The summed E-state index contributed by atoms with van der Waals surface area (Å²) < 4.78 is 5.26. The molecule has 1 saturated heterocycles. The van der Waals surface area contributed by atoms with Gasteiger partial charge in [-0.25, -0.2) is 4.90 Å². The van der Waals surface area contributed by atoms with Gasteiger partial charge < -0.3 is 9.64 Å². The van der Waals surface area contributed by atoms with E-state index < -0.39 is 11.8 Å². The van der Waals surface area contributed by atoms with Crippen LogP contribution in [0.4, 0.5) is 5.69 Å². The molecule has 0 atom stereocenters. The molecule has 5 nitrogen and oxygen atoms in total. The first-order chi connectivity index (χ1) is 10.5. The summed E-state index contributed by atoms with van der Waals surface area (Å²) in [4.78, 5) is 27.9. The number of amides is 2. The first-order valence-electron chi connectivity index (χ1n) is 6.88. The van der Waals surface area contributed by atoms with E-state index in [-0.39, 0.29) is 10.7 Å². The van der Waals surface area contributed by atoms with Crippen LogP contribution < -0.4 is 4.90 Å². The molecule has 7 heteroatoms. The predicted octanol–water partition coefficient (Wildman–Crippen LogP) is 2.30. The van der Waals surface area contributed by atoms with E-state index in [2.05, 4.69) is 0 Å². The average Bonchev–Trinajstić information content (AvgIpc) is 2.73. The molecule has 22 heavy (non-hydrogen) atoms. The van der Waals surface area contributed by atoms with Crippen LogP contribution in [0.3, 0.4) is 0 Å². The second-order valence-corrected chi connectivity index (χ2v) is 5.93. The van der Waals surface area contributed by atoms with Crippen molar-refractivity contribution < 1.29 is 14.3 Å². The van der Waals surface area contributed by atoms with Gasteiger partial charge in [-0.05, 0) is 24.6 Å². The van der Waals surface area contributed by atoms with E-state index in [1.807, 2.05) is 6.92 Å². The highest BCUT2D eigenvalue weighted by Crippen LogP contribution is 2.33. The van der Waals surface area contributed by atoms with Gasteiger partial charge in [0.1, 0.15) is 10.7 Å². The van der Waals surface area contributed by atoms with Gasteiger partial charge in [-0.2, -0.15) is 0 Å². The molecular formula is C15H14Cl2N2O3. The Morgan fingerprint density at radius 1 is 1.09 bits per heavy atom. The number of carbonyl (C=O) groups excluding carboxylic acids is 2. The lowest BCUT2D eigenvalue weighted by Gasteiger charge is -2.29. The molecule has 0 bridgehead atoms. The van der Waals surface area contributed by atoms with E-state index in [9.17, 15) is 9.59 Å². The van der Waals surface area contributed by atoms with Crippen molar-refractivity contribution in [2.24, 2.45) is 0 Å². The highest BCUT2D eigenvalue weighted by molar-refractivity contribution is 6.52. The Labute approximate surface area is 138 Å². The topological polar surface area (TPSA) is 49.9 Å². The summed E-state index contributed by atoms with van der Waals surface area (Å²) in [6.07, 6.45) is 0. The molecule has 2 heterocycles. The van der Waals surface area contributed by atoms with Crippen molar-refractivity contribution in [2.45, 2.75) is 6.92 Å². The second kappa shape index (κ2) is 5.91. The molecule has 1 aromatic carbocycles. The van der Waals surface area contributed by atoms with Gasteiger partial charge in [-0.15, -0.1) is 0 Å². The molecule has 0 aromatic heterocycles. The third kappa shape index (κ3) is 2.49. The van der Waals surface area contributed by atoms with Gasteiger partial charge in [0.2, 0.25) is 0 Å². The number of morpholine rings is 1. The predicted molar refractivity (Wildman–Crippen MR) is 84.0 cm³/mol. The average molecular weight is 341 g/mol. The molecule has 0 saturated carbocycles. The zero-order valence-corrected chi connectivity index (χ0v) is 13.4. The number of imide groups is 1. The zero-order valence-electron chi connectivity index (χ0n) is 11.9. The van der Waals surface area contributed by atoms with Crippen LogP contribution in [-0.4, -0.2) is 43.0 Å². The van der Waals surface area contributed by atoms with Gasteiger partial charge in [0, 0.05) is 18.1 Å². The zero-order chi connectivity index (χ0) is 15.9. The molecule has 0 unspecified atom stereocenters. The van der Waals surface area contributed by atoms with Crippen molar-refractivity contribution >= 4 is 40.7 Å². The largest absolute Gasteiger partial charge is 0.378 e. The highest BCUT2D eigenvalue weighted by Gasteiger charge is 2.41. The number of hydrogen-bond acceptors (Lipinski definition) is 4. The molecule has 0 aliphatic carbocycles. The van der Waals surface area contributed by atoms with E-state index in [1.165, 1.54) is 0 Å². The Morgan fingerprint density at radius 3 is 2.41 bits per heavy atom. The maximum Gasteiger partial charge on any atom is 0.283 e. The molecule has 3 rings (SSSR count). The minimum atomic E-state index is -0.520. The summed E-state index contributed by atoms with van der Waals surface area (Å²) in [5.74, 6) is -0.940. The molecule has 1 fully saturated rings. The van der Waals surface area contributed by atoms with Crippen LogP contribution >= 0.6 is 23.2 Å². The number of carbonyl (C=O) groups is 2. The standard InChI is InChI=1S/C15H14Cl2N2O3/c1-9-2-3-10(8-11(9)16)19-14(20)12(17)13(15(19)21)18-4-6-22-7-5-18/h2-3,8H,4-7H2,1H3. The number of ether oxygens (including phenoxy) is 1. The summed E-state index contributed by atoms with van der Waals surface area (Å²) >= 11 is 12.2.